The summed E-state index contributed by atoms with van der Waals surface area (Å²) in [5, 5.41) is 1.71. The lowest BCUT2D eigenvalue weighted by molar-refractivity contribution is 0.0782. The van der Waals surface area contributed by atoms with Crippen molar-refractivity contribution >= 4 is 28.4 Å². The monoisotopic (exact) mass is 354 g/mol. The molecule has 0 saturated heterocycles. The van der Waals surface area contributed by atoms with Crippen LogP contribution in [0.2, 0.25) is 5.02 Å². The van der Waals surface area contributed by atoms with Crippen molar-refractivity contribution in [1.82, 2.24) is 9.88 Å². The molecule has 0 saturated carbocycles. The Balaban J connectivity index is 1.52. The van der Waals surface area contributed by atoms with Crippen molar-refractivity contribution in [3.63, 3.8) is 0 Å². The fraction of sp³-hybridized carbons (Fsp3) is 0.200. The summed E-state index contributed by atoms with van der Waals surface area (Å²) < 4.78 is 5.64. The van der Waals surface area contributed by atoms with Gasteiger partial charge in [-0.15, -0.1) is 0 Å². The van der Waals surface area contributed by atoms with Crippen LogP contribution in [-0.2, 0) is 0 Å². The van der Waals surface area contributed by atoms with Gasteiger partial charge in [-0.3, -0.25) is 4.79 Å². The number of fused-ring (bicyclic) bond motifs is 1. The molecule has 0 bridgehead atoms. The molecule has 0 radical (unpaired) electrons. The van der Waals surface area contributed by atoms with E-state index < -0.39 is 0 Å². The summed E-state index contributed by atoms with van der Waals surface area (Å²) in [5.74, 6) is 0.687. The predicted molar refractivity (Wildman–Crippen MR) is 100 cm³/mol. The number of benzene rings is 2. The van der Waals surface area contributed by atoms with E-state index >= 15 is 0 Å². The van der Waals surface area contributed by atoms with Gasteiger partial charge in [0.2, 0.25) is 0 Å². The van der Waals surface area contributed by atoms with Crippen LogP contribution in [0, 0.1) is 0 Å². The minimum absolute atomic E-state index is 0.0859. The number of amides is 1. The molecule has 1 heterocycles. The molecule has 0 aliphatic heterocycles. The normalized spacial score (nSPS) is 10.6. The Kier molecular flexibility index (Phi) is 5.51. The van der Waals surface area contributed by atoms with Gasteiger partial charge in [-0.2, -0.15) is 0 Å². The Morgan fingerprint density at radius 3 is 2.64 bits per heavy atom. The van der Waals surface area contributed by atoms with E-state index in [-0.39, 0.29) is 5.91 Å². The van der Waals surface area contributed by atoms with Gasteiger partial charge in [-0.05, 0) is 42.8 Å². The average molecular weight is 355 g/mol. The number of hydrogen-bond acceptors (Lipinski definition) is 3. The van der Waals surface area contributed by atoms with Crippen LogP contribution in [0.1, 0.15) is 16.9 Å². The highest BCUT2D eigenvalue weighted by Crippen LogP contribution is 2.16. The molecule has 25 heavy (non-hydrogen) atoms. The number of halogens is 1. The number of ether oxygens (including phenoxy) is 1. The number of para-hydroxylation sites is 1. The number of aromatic nitrogens is 1. The van der Waals surface area contributed by atoms with Crippen LogP contribution in [0.4, 0.5) is 0 Å². The highest BCUT2D eigenvalue weighted by molar-refractivity contribution is 6.30. The van der Waals surface area contributed by atoms with Gasteiger partial charge in [-0.1, -0.05) is 35.9 Å². The fourth-order valence-electron chi connectivity index (χ4n) is 2.50. The number of carbonyl (C=O) groups is 1. The van der Waals surface area contributed by atoms with Crippen molar-refractivity contribution in [2.75, 3.05) is 20.2 Å². The first-order valence-corrected chi connectivity index (χ1v) is 8.51. The molecule has 5 heteroatoms. The first kappa shape index (κ1) is 17.2. The predicted octanol–water partition coefficient (Wildman–Crippen LogP) is 4.43. The SMILES string of the molecule is CN(CCCOc1ccc(Cl)cc1)C(=O)c1ccc2ccccc2n1. The van der Waals surface area contributed by atoms with Crippen molar-refractivity contribution in [2.24, 2.45) is 0 Å². The number of hydrogen-bond donors (Lipinski definition) is 0. The molecule has 0 aliphatic rings. The van der Waals surface area contributed by atoms with E-state index in [0.29, 0.717) is 23.9 Å². The van der Waals surface area contributed by atoms with Crippen molar-refractivity contribution in [1.29, 1.82) is 0 Å². The summed E-state index contributed by atoms with van der Waals surface area (Å²) in [6.07, 6.45) is 0.735. The molecule has 2 aromatic carbocycles. The summed E-state index contributed by atoms with van der Waals surface area (Å²) in [4.78, 5) is 18.6. The largest absolute Gasteiger partial charge is 0.494 e. The second kappa shape index (κ2) is 7.99. The lowest BCUT2D eigenvalue weighted by Crippen LogP contribution is -2.29. The van der Waals surface area contributed by atoms with Gasteiger partial charge in [0, 0.05) is 24.0 Å². The van der Waals surface area contributed by atoms with Gasteiger partial charge < -0.3 is 9.64 Å². The molecular formula is C20H19ClN2O2. The van der Waals surface area contributed by atoms with Crippen LogP contribution in [0.5, 0.6) is 5.75 Å². The Bertz CT molecular complexity index is 865. The summed E-state index contributed by atoms with van der Waals surface area (Å²) >= 11 is 5.84. The summed E-state index contributed by atoms with van der Waals surface area (Å²) in [7, 11) is 1.78. The first-order valence-electron chi connectivity index (χ1n) is 8.13. The molecule has 128 valence electrons. The number of nitrogens with zero attached hydrogens (tertiary/aromatic N) is 2. The molecule has 3 aromatic rings. The van der Waals surface area contributed by atoms with Gasteiger partial charge in [0.1, 0.15) is 11.4 Å². The van der Waals surface area contributed by atoms with Crippen LogP contribution in [-0.4, -0.2) is 36.0 Å². The van der Waals surface area contributed by atoms with Gasteiger partial charge in [0.05, 0.1) is 12.1 Å². The first-order chi connectivity index (χ1) is 12.1. The highest BCUT2D eigenvalue weighted by atomic mass is 35.5. The molecule has 0 atom stereocenters. The minimum Gasteiger partial charge on any atom is -0.494 e. The van der Waals surface area contributed by atoms with Gasteiger partial charge >= 0.3 is 0 Å². The maximum Gasteiger partial charge on any atom is 0.272 e. The molecule has 3 rings (SSSR count). The summed E-state index contributed by atoms with van der Waals surface area (Å²) in [6, 6.07) is 18.7. The Hall–Kier alpha value is -2.59. The van der Waals surface area contributed by atoms with Crippen LogP contribution < -0.4 is 4.74 Å². The van der Waals surface area contributed by atoms with E-state index in [0.717, 1.165) is 23.1 Å². The summed E-state index contributed by atoms with van der Waals surface area (Å²) in [5.41, 5.74) is 1.28. The van der Waals surface area contributed by atoms with Crippen molar-refractivity contribution in [3.05, 3.63) is 71.4 Å². The zero-order valence-electron chi connectivity index (χ0n) is 14.0. The van der Waals surface area contributed by atoms with Crippen molar-refractivity contribution in [3.8, 4) is 5.75 Å². The van der Waals surface area contributed by atoms with E-state index in [1.165, 1.54) is 0 Å². The maximum atomic E-state index is 12.5. The number of carbonyl (C=O) groups excluding carboxylic acids is 1. The van der Waals surface area contributed by atoms with Gasteiger partial charge in [-0.25, -0.2) is 4.98 Å². The Morgan fingerprint density at radius 1 is 1.08 bits per heavy atom. The molecule has 0 fully saturated rings. The maximum absolute atomic E-state index is 12.5. The standard InChI is InChI=1S/C20H19ClN2O2/c1-23(13-4-14-25-17-10-8-16(21)9-11-17)20(24)19-12-7-15-5-2-3-6-18(15)22-19/h2-3,5-12H,4,13-14H2,1H3. The van der Waals surface area contributed by atoms with Gasteiger partial charge in [0.15, 0.2) is 0 Å². The minimum atomic E-state index is -0.0859. The molecule has 1 aromatic heterocycles. The van der Waals surface area contributed by atoms with Crippen molar-refractivity contribution in [2.45, 2.75) is 6.42 Å². The fourth-order valence-corrected chi connectivity index (χ4v) is 2.63. The molecular weight excluding hydrogens is 336 g/mol. The van der Waals surface area contributed by atoms with Crippen LogP contribution in [0.15, 0.2) is 60.7 Å². The lowest BCUT2D eigenvalue weighted by Gasteiger charge is -2.17. The molecule has 0 spiro atoms. The third-order valence-corrected chi connectivity index (χ3v) is 4.14. The van der Waals surface area contributed by atoms with E-state index in [4.69, 9.17) is 16.3 Å². The number of pyridine rings is 1. The zero-order chi connectivity index (χ0) is 17.6. The van der Waals surface area contributed by atoms with E-state index in [2.05, 4.69) is 4.98 Å². The second-order valence-corrected chi connectivity index (χ2v) is 6.21. The highest BCUT2D eigenvalue weighted by Gasteiger charge is 2.13. The molecule has 4 nitrogen and oxygen atoms in total. The third kappa shape index (κ3) is 4.48. The van der Waals surface area contributed by atoms with Crippen LogP contribution >= 0.6 is 11.6 Å². The Labute approximate surface area is 152 Å². The smallest absolute Gasteiger partial charge is 0.272 e. The topological polar surface area (TPSA) is 42.4 Å². The quantitative estimate of drug-likeness (QED) is 0.615. The molecule has 1 amide bonds. The average Bonchev–Trinajstić information content (AvgIpc) is 2.65. The van der Waals surface area contributed by atoms with Gasteiger partial charge in [0.25, 0.3) is 5.91 Å². The third-order valence-electron chi connectivity index (χ3n) is 3.88. The van der Waals surface area contributed by atoms with E-state index in [9.17, 15) is 4.79 Å². The molecule has 0 unspecified atom stereocenters. The molecule has 0 N–H and O–H groups in total. The lowest BCUT2D eigenvalue weighted by atomic mass is 10.2. The second-order valence-electron chi connectivity index (χ2n) is 5.77. The van der Waals surface area contributed by atoms with Crippen molar-refractivity contribution < 1.29 is 9.53 Å². The summed E-state index contributed by atoms with van der Waals surface area (Å²) in [6.45, 7) is 1.13. The molecule has 0 aliphatic carbocycles. The zero-order valence-corrected chi connectivity index (χ0v) is 14.7. The number of rotatable bonds is 6. The van der Waals surface area contributed by atoms with E-state index in [1.54, 1.807) is 30.1 Å². The van der Waals surface area contributed by atoms with Crippen LogP contribution in [0.25, 0.3) is 10.9 Å². The Morgan fingerprint density at radius 2 is 1.84 bits per heavy atom. The van der Waals surface area contributed by atoms with E-state index in [1.807, 2.05) is 42.5 Å². The van der Waals surface area contributed by atoms with Crippen LogP contribution in [0.3, 0.4) is 0 Å².